The summed E-state index contributed by atoms with van der Waals surface area (Å²) in [6.07, 6.45) is 2.80. The molecule has 21 heavy (non-hydrogen) atoms. The molecule has 0 spiro atoms. The Morgan fingerprint density at radius 1 is 1.57 bits per heavy atom. The molecule has 0 bridgehead atoms. The second-order valence-corrected chi connectivity index (χ2v) is 4.50. The molecule has 0 unspecified atom stereocenters. The van der Waals surface area contributed by atoms with Gasteiger partial charge in [-0.05, 0) is 23.8 Å². The van der Waals surface area contributed by atoms with Crippen molar-refractivity contribution in [1.29, 1.82) is 0 Å². The van der Waals surface area contributed by atoms with Crippen molar-refractivity contribution in [2.75, 3.05) is 7.11 Å². The van der Waals surface area contributed by atoms with Gasteiger partial charge in [0.2, 0.25) is 0 Å². The first-order valence-corrected chi connectivity index (χ1v) is 6.28. The van der Waals surface area contributed by atoms with E-state index in [4.69, 9.17) is 16.3 Å². The van der Waals surface area contributed by atoms with E-state index < -0.39 is 5.91 Å². The third kappa shape index (κ3) is 3.32. The Kier molecular flexibility index (Phi) is 4.44. The number of nitrogens with zero attached hydrogens (tertiary/aromatic N) is 3. The van der Waals surface area contributed by atoms with Gasteiger partial charge in [0, 0.05) is 7.05 Å². The van der Waals surface area contributed by atoms with Crippen LogP contribution in [-0.2, 0) is 7.05 Å². The highest BCUT2D eigenvalue weighted by atomic mass is 35.5. The highest BCUT2D eigenvalue weighted by Crippen LogP contribution is 2.25. The number of nitrogens with one attached hydrogen (secondary N) is 1. The minimum Gasteiger partial charge on any atom is -0.504 e. The highest BCUT2D eigenvalue weighted by Gasteiger charge is 2.14. The summed E-state index contributed by atoms with van der Waals surface area (Å²) in [6, 6.07) is 4.69. The number of hydrazone groups is 1. The second kappa shape index (κ2) is 6.27. The predicted octanol–water partition coefficient (Wildman–Crippen LogP) is 1.55. The molecule has 2 rings (SSSR count). The van der Waals surface area contributed by atoms with E-state index in [-0.39, 0.29) is 16.5 Å². The van der Waals surface area contributed by atoms with E-state index in [1.165, 1.54) is 30.3 Å². The van der Waals surface area contributed by atoms with Gasteiger partial charge in [0.15, 0.2) is 11.5 Å². The molecule has 1 aromatic carbocycles. The molecule has 7 nitrogen and oxygen atoms in total. The average Bonchev–Trinajstić information content (AvgIpc) is 2.80. The maximum absolute atomic E-state index is 11.9. The number of aromatic hydroxyl groups is 1. The minimum atomic E-state index is -0.470. The molecule has 0 radical (unpaired) electrons. The first kappa shape index (κ1) is 14.9. The summed E-state index contributed by atoms with van der Waals surface area (Å²) in [6.45, 7) is 0. The topological polar surface area (TPSA) is 88.7 Å². The lowest BCUT2D eigenvalue weighted by Gasteiger charge is -2.03. The Labute approximate surface area is 125 Å². The van der Waals surface area contributed by atoms with Crippen LogP contribution >= 0.6 is 11.6 Å². The smallest absolute Gasteiger partial charge is 0.291 e. The van der Waals surface area contributed by atoms with Gasteiger partial charge in [-0.1, -0.05) is 11.6 Å². The molecular weight excluding hydrogens is 296 g/mol. The fourth-order valence-electron chi connectivity index (χ4n) is 1.66. The van der Waals surface area contributed by atoms with Crippen LogP contribution in [0.1, 0.15) is 16.1 Å². The van der Waals surface area contributed by atoms with Crippen molar-refractivity contribution < 1.29 is 14.6 Å². The van der Waals surface area contributed by atoms with E-state index in [0.29, 0.717) is 11.3 Å². The molecule has 0 aliphatic rings. The summed E-state index contributed by atoms with van der Waals surface area (Å²) >= 11 is 5.85. The van der Waals surface area contributed by atoms with Gasteiger partial charge in [0.1, 0.15) is 5.69 Å². The van der Waals surface area contributed by atoms with Crippen LogP contribution < -0.4 is 10.2 Å². The molecule has 8 heteroatoms. The normalized spacial score (nSPS) is 10.8. The Morgan fingerprint density at radius 3 is 2.95 bits per heavy atom. The molecule has 0 saturated heterocycles. The minimum absolute atomic E-state index is 0.0281. The fourth-order valence-corrected chi connectivity index (χ4v) is 1.91. The second-order valence-electron chi connectivity index (χ2n) is 4.10. The Hall–Kier alpha value is -2.54. The third-order valence-corrected chi connectivity index (χ3v) is 2.97. The number of amides is 1. The van der Waals surface area contributed by atoms with Gasteiger partial charge >= 0.3 is 0 Å². The van der Waals surface area contributed by atoms with Gasteiger partial charge in [-0.15, -0.1) is 0 Å². The monoisotopic (exact) mass is 308 g/mol. The zero-order valence-corrected chi connectivity index (χ0v) is 12.1. The number of rotatable bonds is 4. The summed E-state index contributed by atoms with van der Waals surface area (Å²) in [5.74, 6) is -0.123. The first-order chi connectivity index (χ1) is 10.0. The van der Waals surface area contributed by atoms with Gasteiger partial charge in [0.25, 0.3) is 5.91 Å². The fraction of sp³-hybridized carbons (Fsp3) is 0.154. The number of hydrogen-bond acceptors (Lipinski definition) is 5. The van der Waals surface area contributed by atoms with Crippen molar-refractivity contribution in [2.24, 2.45) is 12.1 Å². The Morgan fingerprint density at radius 2 is 2.33 bits per heavy atom. The van der Waals surface area contributed by atoms with Crippen LogP contribution in [0.4, 0.5) is 0 Å². The van der Waals surface area contributed by atoms with Crippen LogP contribution in [0.25, 0.3) is 0 Å². The van der Waals surface area contributed by atoms with Crippen molar-refractivity contribution in [3.05, 3.63) is 40.7 Å². The molecule has 2 aromatic rings. The van der Waals surface area contributed by atoms with Crippen LogP contribution in [-0.4, -0.2) is 34.1 Å². The number of carbonyl (C=O) groups is 1. The number of carbonyl (C=O) groups excluding carboxylic acids is 1. The number of benzene rings is 1. The van der Waals surface area contributed by atoms with Crippen molar-refractivity contribution in [3.63, 3.8) is 0 Å². The van der Waals surface area contributed by atoms with E-state index in [2.05, 4.69) is 15.6 Å². The van der Waals surface area contributed by atoms with Crippen molar-refractivity contribution >= 4 is 23.7 Å². The number of aryl methyl sites for hydroxylation is 1. The van der Waals surface area contributed by atoms with E-state index in [9.17, 15) is 9.90 Å². The molecule has 2 N–H and O–H groups in total. The van der Waals surface area contributed by atoms with Gasteiger partial charge in [0.05, 0.1) is 24.5 Å². The van der Waals surface area contributed by atoms with E-state index in [1.807, 2.05) is 0 Å². The predicted molar refractivity (Wildman–Crippen MR) is 77.9 cm³/mol. The summed E-state index contributed by atoms with van der Waals surface area (Å²) < 4.78 is 6.33. The molecule has 0 saturated carbocycles. The standard InChI is InChI=1S/C13H13ClN4O3/c1-18-12(9(14)7-16-18)13(20)17-15-6-8-3-4-10(19)11(5-8)21-2/h3-7,19H,1-2H3,(H,17,20)/b15-6-. The van der Waals surface area contributed by atoms with Crippen molar-refractivity contribution in [1.82, 2.24) is 15.2 Å². The van der Waals surface area contributed by atoms with Crippen LogP contribution in [0.2, 0.25) is 5.02 Å². The molecule has 1 amide bonds. The first-order valence-electron chi connectivity index (χ1n) is 5.91. The Bertz CT molecular complexity index is 677. The lowest BCUT2D eigenvalue weighted by Crippen LogP contribution is -2.21. The maximum Gasteiger partial charge on any atom is 0.291 e. The van der Waals surface area contributed by atoms with E-state index >= 15 is 0 Å². The molecule has 0 aliphatic heterocycles. The number of phenols is 1. The molecule has 0 aliphatic carbocycles. The van der Waals surface area contributed by atoms with Gasteiger partial charge in [-0.3, -0.25) is 9.48 Å². The summed E-state index contributed by atoms with van der Waals surface area (Å²) in [7, 11) is 3.05. The number of aromatic nitrogens is 2. The lowest BCUT2D eigenvalue weighted by atomic mass is 10.2. The number of phenolic OH excluding ortho intramolecular Hbond substituents is 1. The Balaban J connectivity index is 2.07. The number of halogens is 1. The number of ether oxygens (including phenoxy) is 1. The van der Waals surface area contributed by atoms with Gasteiger partial charge < -0.3 is 9.84 Å². The van der Waals surface area contributed by atoms with E-state index in [1.54, 1.807) is 19.2 Å². The average molecular weight is 309 g/mol. The largest absolute Gasteiger partial charge is 0.504 e. The maximum atomic E-state index is 11.9. The van der Waals surface area contributed by atoms with Crippen LogP contribution in [0, 0.1) is 0 Å². The van der Waals surface area contributed by atoms with Crippen LogP contribution in [0.5, 0.6) is 11.5 Å². The van der Waals surface area contributed by atoms with E-state index in [0.717, 1.165) is 0 Å². The lowest BCUT2D eigenvalue weighted by molar-refractivity contribution is 0.0946. The van der Waals surface area contributed by atoms with Gasteiger partial charge in [-0.2, -0.15) is 10.2 Å². The summed E-state index contributed by atoms with van der Waals surface area (Å²) in [5.41, 5.74) is 3.22. The SMILES string of the molecule is COc1cc(/C=N\NC(=O)c2c(Cl)cnn2C)ccc1O. The number of methoxy groups -OCH3 is 1. The third-order valence-electron chi connectivity index (χ3n) is 2.69. The molecule has 110 valence electrons. The van der Waals surface area contributed by atoms with Crippen molar-refractivity contribution in [2.45, 2.75) is 0 Å². The van der Waals surface area contributed by atoms with Crippen LogP contribution in [0.15, 0.2) is 29.5 Å². The quantitative estimate of drug-likeness (QED) is 0.662. The molecule has 0 atom stereocenters. The summed E-state index contributed by atoms with van der Waals surface area (Å²) in [4.78, 5) is 11.9. The van der Waals surface area contributed by atoms with Gasteiger partial charge in [-0.25, -0.2) is 5.43 Å². The molecular formula is C13H13ClN4O3. The van der Waals surface area contributed by atoms with Crippen molar-refractivity contribution in [3.8, 4) is 11.5 Å². The molecule has 1 heterocycles. The van der Waals surface area contributed by atoms with Crippen LogP contribution in [0.3, 0.4) is 0 Å². The highest BCUT2D eigenvalue weighted by molar-refractivity contribution is 6.33. The zero-order chi connectivity index (χ0) is 15.4. The molecule has 0 fully saturated rings. The number of hydrogen-bond donors (Lipinski definition) is 2. The molecule has 1 aromatic heterocycles. The zero-order valence-electron chi connectivity index (χ0n) is 11.4. The summed E-state index contributed by atoms with van der Waals surface area (Å²) in [5, 5.41) is 17.4.